The molecule has 3 saturated carbocycles. The van der Waals surface area contributed by atoms with Crippen LogP contribution in [-0.2, 0) is 19.1 Å². The van der Waals surface area contributed by atoms with Gasteiger partial charge in [0.25, 0.3) is 0 Å². The minimum Gasteiger partial charge on any atom is -0.481 e. The Hall–Kier alpha value is -1.57. The molecule has 1 aliphatic heterocycles. The minimum absolute atomic E-state index is 0.0814. The average Bonchev–Trinajstić information content (AvgIpc) is 3.44. The molecule has 2 N–H and O–H groups in total. The maximum atomic E-state index is 15.7. The number of ether oxygens (including phenoxy) is 1. The van der Waals surface area contributed by atoms with E-state index in [4.69, 9.17) is 21.4 Å². The second-order valence-corrected chi connectivity index (χ2v) is 11.4. The van der Waals surface area contributed by atoms with Crippen LogP contribution >= 0.6 is 11.6 Å². The van der Waals surface area contributed by atoms with Crippen molar-refractivity contribution in [2.75, 3.05) is 5.88 Å². The molecule has 8 heteroatoms. The number of aliphatic hydroxyl groups is 1. The van der Waals surface area contributed by atoms with Gasteiger partial charge in [-0.1, -0.05) is 19.9 Å². The Kier molecular flexibility index (Phi) is 4.91. The van der Waals surface area contributed by atoms with Crippen LogP contribution in [0.25, 0.3) is 0 Å². The number of hydrogen-bond donors (Lipinski definition) is 2. The Morgan fingerprint density at radius 1 is 1.27 bits per heavy atom. The standard InChI is InChI=1S/C25H30ClFO6/c1-12-6-14-15-7-17(27)16-8-18(28)13(4-5-21(30)31)9-23(16,3)25(15)20(33-25)10-22(14,2)24(12,32)19(29)11-26/h8-9,12,14-15,17,20,32H,4-7,10-11H2,1-3H3,(H,30,31)/t12-,14-,15-,17-,20?,22-,23-,24-,25?/m0/s1. The normalized spacial score (nSPS) is 49.8. The zero-order chi connectivity index (χ0) is 24.1. The molecule has 0 amide bonds. The van der Waals surface area contributed by atoms with E-state index in [9.17, 15) is 19.5 Å². The van der Waals surface area contributed by atoms with Crippen LogP contribution in [0.1, 0.15) is 52.9 Å². The van der Waals surface area contributed by atoms with Gasteiger partial charge in [-0.2, -0.15) is 0 Å². The summed E-state index contributed by atoms with van der Waals surface area (Å²) in [7, 11) is 0. The topological polar surface area (TPSA) is 104 Å². The summed E-state index contributed by atoms with van der Waals surface area (Å²) in [6.07, 6.45) is 2.54. The number of allylic oxidation sites excluding steroid dienone is 2. The Morgan fingerprint density at radius 2 is 1.97 bits per heavy atom. The third-order valence-electron chi connectivity index (χ3n) is 9.84. The summed E-state index contributed by atoms with van der Waals surface area (Å²) in [4.78, 5) is 36.6. The molecule has 4 fully saturated rings. The van der Waals surface area contributed by atoms with E-state index in [0.29, 0.717) is 24.0 Å². The molecular formula is C25H30ClFO6. The Morgan fingerprint density at radius 3 is 2.61 bits per heavy atom. The van der Waals surface area contributed by atoms with Gasteiger partial charge in [0.05, 0.1) is 12.0 Å². The van der Waals surface area contributed by atoms with Crippen molar-refractivity contribution >= 4 is 29.1 Å². The molecule has 1 saturated heterocycles. The van der Waals surface area contributed by atoms with E-state index in [0.717, 1.165) is 0 Å². The molecular weight excluding hydrogens is 451 g/mol. The summed E-state index contributed by atoms with van der Waals surface area (Å²) in [5.74, 6) is -2.71. The maximum absolute atomic E-state index is 15.7. The Labute approximate surface area is 197 Å². The van der Waals surface area contributed by atoms with E-state index >= 15 is 4.39 Å². The highest BCUT2D eigenvalue weighted by Crippen LogP contribution is 2.76. The summed E-state index contributed by atoms with van der Waals surface area (Å²) in [6, 6.07) is 0. The van der Waals surface area contributed by atoms with E-state index in [1.54, 1.807) is 6.08 Å². The first-order chi connectivity index (χ1) is 15.4. The smallest absolute Gasteiger partial charge is 0.303 e. The van der Waals surface area contributed by atoms with Crippen LogP contribution in [0.15, 0.2) is 23.3 Å². The van der Waals surface area contributed by atoms with E-state index in [-0.39, 0.29) is 54.8 Å². The largest absolute Gasteiger partial charge is 0.481 e. The number of aliphatic carboxylic acids is 1. The van der Waals surface area contributed by atoms with Gasteiger partial charge >= 0.3 is 5.97 Å². The molecule has 5 aliphatic rings. The van der Waals surface area contributed by atoms with Crippen LogP contribution < -0.4 is 0 Å². The first kappa shape index (κ1) is 23.2. The Balaban J connectivity index is 1.58. The first-order valence-electron chi connectivity index (χ1n) is 11.7. The van der Waals surface area contributed by atoms with Gasteiger partial charge in [-0.3, -0.25) is 14.4 Å². The molecule has 2 unspecified atom stereocenters. The van der Waals surface area contributed by atoms with Crippen molar-refractivity contribution in [3.63, 3.8) is 0 Å². The molecule has 1 spiro atoms. The van der Waals surface area contributed by atoms with Crippen molar-refractivity contribution in [2.24, 2.45) is 28.6 Å². The molecule has 0 aromatic carbocycles. The van der Waals surface area contributed by atoms with E-state index in [1.165, 1.54) is 6.08 Å². The highest BCUT2D eigenvalue weighted by atomic mass is 35.5. The fourth-order valence-electron chi connectivity index (χ4n) is 8.28. The second kappa shape index (κ2) is 6.98. The number of ketones is 2. The van der Waals surface area contributed by atoms with Crippen LogP contribution in [0.3, 0.4) is 0 Å². The molecule has 9 atom stereocenters. The minimum atomic E-state index is -1.59. The highest BCUT2D eigenvalue weighted by molar-refractivity contribution is 6.29. The fourth-order valence-corrected chi connectivity index (χ4v) is 8.49. The van der Waals surface area contributed by atoms with Crippen molar-refractivity contribution in [1.29, 1.82) is 0 Å². The molecule has 0 aromatic heterocycles. The number of Topliss-reactive ketones (excluding diaryl/α,β-unsaturated/α-hetero) is 1. The van der Waals surface area contributed by atoms with Gasteiger partial charge in [0.1, 0.15) is 17.4 Å². The van der Waals surface area contributed by atoms with Gasteiger partial charge < -0.3 is 14.9 Å². The predicted octanol–water partition coefficient (Wildman–Crippen LogP) is 3.39. The van der Waals surface area contributed by atoms with Crippen molar-refractivity contribution in [1.82, 2.24) is 0 Å². The summed E-state index contributed by atoms with van der Waals surface area (Å²) in [6.45, 7) is 5.66. The number of carbonyl (C=O) groups is 3. The SMILES string of the molecule is C[C@H]1C[C@H]2[C@@H]3C[C@H](F)C4=CC(=O)C(CCC(=O)O)=C[C@]4(C)C34OC4C[C@]2(C)[C@@]1(O)C(=O)CCl. The van der Waals surface area contributed by atoms with Crippen molar-refractivity contribution in [2.45, 2.75) is 76.4 Å². The number of rotatable bonds is 5. The number of epoxide rings is 1. The summed E-state index contributed by atoms with van der Waals surface area (Å²) in [5, 5.41) is 20.7. The second-order valence-electron chi connectivity index (χ2n) is 11.1. The third-order valence-corrected chi connectivity index (χ3v) is 10.1. The van der Waals surface area contributed by atoms with Crippen LogP contribution in [0.4, 0.5) is 4.39 Å². The van der Waals surface area contributed by atoms with Crippen LogP contribution in [-0.4, -0.2) is 57.1 Å². The summed E-state index contributed by atoms with van der Waals surface area (Å²) in [5.41, 5.74) is -3.22. The van der Waals surface area contributed by atoms with Crippen molar-refractivity contribution < 1.29 is 33.7 Å². The number of fused-ring (bicyclic) bond motifs is 3. The van der Waals surface area contributed by atoms with Crippen molar-refractivity contribution in [3.05, 3.63) is 23.3 Å². The van der Waals surface area contributed by atoms with Crippen LogP contribution in [0.2, 0.25) is 0 Å². The van der Waals surface area contributed by atoms with E-state index in [1.807, 2.05) is 20.8 Å². The Bertz CT molecular complexity index is 1020. The lowest BCUT2D eigenvalue weighted by Gasteiger charge is -2.56. The van der Waals surface area contributed by atoms with Crippen LogP contribution in [0.5, 0.6) is 0 Å². The zero-order valence-electron chi connectivity index (χ0n) is 19.1. The monoisotopic (exact) mass is 480 g/mol. The summed E-state index contributed by atoms with van der Waals surface area (Å²) >= 11 is 5.89. The average molecular weight is 481 g/mol. The molecule has 0 aromatic rings. The lowest BCUT2D eigenvalue weighted by Crippen LogP contribution is -2.63. The summed E-state index contributed by atoms with van der Waals surface area (Å²) < 4.78 is 22.1. The van der Waals surface area contributed by atoms with Gasteiger partial charge in [0.15, 0.2) is 11.6 Å². The van der Waals surface area contributed by atoms with Crippen molar-refractivity contribution in [3.8, 4) is 0 Å². The quantitative estimate of drug-likeness (QED) is 0.461. The molecule has 5 rings (SSSR count). The zero-order valence-corrected chi connectivity index (χ0v) is 19.8. The molecule has 33 heavy (non-hydrogen) atoms. The first-order valence-corrected chi connectivity index (χ1v) is 12.2. The van der Waals surface area contributed by atoms with Gasteiger partial charge in [0.2, 0.25) is 0 Å². The molecule has 4 aliphatic carbocycles. The van der Waals surface area contributed by atoms with Gasteiger partial charge in [-0.05, 0) is 67.6 Å². The third kappa shape index (κ3) is 2.65. The number of halogens is 2. The highest BCUT2D eigenvalue weighted by Gasteiger charge is 2.83. The molecule has 6 nitrogen and oxygen atoms in total. The van der Waals surface area contributed by atoms with Gasteiger partial charge in [0, 0.05) is 17.3 Å². The lowest BCUT2D eigenvalue weighted by atomic mass is 9.46. The molecule has 1 heterocycles. The van der Waals surface area contributed by atoms with E-state index < -0.39 is 40.0 Å². The number of carbonyl (C=O) groups excluding carboxylic acids is 2. The number of carboxylic acid groups (broad SMARTS) is 1. The number of carboxylic acids is 1. The molecule has 0 radical (unpaired) electrons. The van der Waals surface area contributed by atoms with Gasteiger partial charge in [-0.25, -0.2) is 4.39 Å². The predicted molar refractivity (Wildman–Crippen MR) is 117 cm³/mol. The number of alkyl halides is 2. The maximum Gasteiger partial charge on any atom is 0.303 e. The van der Waals surface area contributed by atoms with Gasteiger partial charge in [-0.15, -0.1) is 11.6 Å². The molecule has 0 bridgehead atoms. The number of hydrogen-bond acceptors (Lipinski definition) is 5. The van der Waals surface area contributed by atoms with E-state index in [2.05, 4.69) is 0 Å². The fraction of sp³-hybridized carbons (Fsp3) is 0.720. The lowest BCUT2D eigenvalue weighted by molar-refractivity contribution is -0.161. The van der Waals surface area contributed by atoms with Crippen LogP contribution in [0, 0.1) is 28.6 Å². The molecule has 180 valence electrons.